The summed E-state index contributed by atoms with van der Waals surface area (Å²) in [5, 5.41) is 3.94. The van der Waals surface area contributed by atoms with Gasteiger partial charge in [-0.05, 0) is 6.92 Å². The van der Waals surface area contributed by atoms with Crippen molar-refractivity contribution in [2.24, 2.45) is 0 Å². The summed E-state index contributed by atoms with van der Waals surface area (Å²) < 4.78 is 1.79. The second kappa shape index (κ2) is 2.26. The molecule has 58 valence electrons. The van der Waals surface area contributed by atoms with Gasteiger partial charge in [0.25, 0.3) is 5.78 Å². The standard InChI is InChI=1S/C6H8N4O/c1-2-11-10-6-7-3-4-9(6)5-8-10/h3-5H,2H2,1H3. The third kappa shape index (κ3) is 0.849. The van der Waals surface area contributed by atoms with Gasteiger partial charge in [0.2, 0.25) is 0 Å². The van der Waals surface area contributed by atoms with Crippen LogP contribution in [0.5, 0.6) is 0 Å². The third-order valence-corrected chi connectivity index (χ3v) is 1.35. The molecule has 2 rings (SSSR count). The highest BCUT2D eigenvalue weighted by Crippen LogP contribution is 1.95. The second-order valence-electron chi connectivity index (χ2n) is 2.06. The fraction of sp³-hybridized carbons (Fsp3) is 0.333. The zero-order valence-electron chi connectivity index (χ0n) is 6.14. The van der Waals surface area contributed by atoms with Crippen molar-refractivity contribution >= 4 is 5.78 Å². The molecule has 2 aromatic heterocycles. The van der Waals surface area contributed by atoms with Crippen molar-refractivity contribution in [2.45, 2.75) is 6.92 Å². The molecule has 0 saturated heterocycles. The number of fused-ring (bicyclic) bond motifs is 1. The first-order valence-corrected chi connectivity index (χ1v) is 3.42. The summed E-state index contributed by atoms with van der Waals surface area (Å²) in [5.74, 6) is 0.701. The van der Waals surface area contributed by atoms with Crippen LogP contribution in [0.1, 0.15) is 6.92 Å². The predicted octanol–water partition coefficient (Wildman–Crippen LogP) is -0.0207. The summed E-state index contributed by atoms with van der Waals surface area (Å²) in [6, 6.07) is 0. The Kier molecular flexibility index (Phi) is 1.28. The molecule has 0 atom stereocenters. The lowest BCUT2D eigenvalue weighted by Gasteiger charge is -1.97. The Balaban J connectivity index is 2.51. The molecule has 0 aliphatic heterocycles. The van der Waals surface area contributed by atoms with E-state index in [9.17, 15) is 0 Å². The molecule has 0 aliphatic rings. The van der Waals surface area contributed by atoms with Crippen LogP contribution in [0.25, 0.3) is 5.78 Å². The summed E-state index contributed by atoms with van der Waals surface area (Å²) in [4.78, 5) is 10.6. The van der Waals surface area contributed by atoms with Gasteiger partial charge in [-0.25, -0.2) is 4.98 Å². The van der Waals surface area contributed by atoms with E-state index in [0.717, 1.165) is 0 Å². The third-order valence-electron chi connectivity index (χ3n) is 1.35. The number of nitrogens with zero attached hydrogens (tertiary/aromatic N) is 4. The molecule has 0 unspecified atom stereocenters. The van der Waals surface area contributed by atoms with Gasteiger partial charge in [-0.1, -0.05) is 4.85 Å². The van der Waals surface area contributed by atoms with Gasteiger partial charge >= 0.3 is 0 Å². The lowest BCUT2D eigenvalue weighted by Crippen LogP contribution is -2.12. The van der Waals surface area contributed by atoms with Crippen molar-refractivity contribution in [1.82, 2.24) is 19.3 Å². The molecule has 0 spiro atoms. The number of imidazole rings is 1. The first-order chi connectivity index (χ1) is 5.42. The molecular weight excluding hydrogens is 144 g/mol. The Morgan fingerprint density at radius 3 is 3.36 bits per heavy atom. The van der Waals surface area contributed by atoms with Crippen LogP contribution < -0.4 is 4.84 Å². The van der Waals surface area contributed by atoms with Crippen LogP contribution >= 0.6 is 0 Å². The molecule has 5 heteroatoms. The van der Waals surface area contributed by atoms with Gasteiger partial charge in [-0.3, -0.25) is 4.40 Å². The van der Waals surface area contributed by atoms with E-state index in [1.54, 1.807) is 16.9 Å². The Morgan fingerprint density at radius 2 is 2.55 bits per heavy atom. The minimum Gasteiger partial charge on any atom is -0.394 e. The maximum Gasteiger partial charge on any atom is 0.270 e. The van der Waals surface area contributed by atoms with Gasteiger partial charge < -0.3 is 4.84 Å². The summed E-state index contributed by atoms with van der Waals surface area (Å²) in [6.45, 7) is 2.49. The van der Waals surface area contributed by atoms with Crippen molar-refractivity contribution in [3.63, 3.8) is 0 Å². The summed E-state index contributed by atoms with van der Waals surface area (Å²) in [6.07, 6.45) is 5.17. The number of hydrogen-bond donors (Lipinski definition) is 0. The molecule has 0 radical (unpaired) electrons. The Labute approximate surface area is 63.2 Å². The first kappa shape index (κ1) is 6.21. The quantitative estimate of drug-likeness (QED) is 0.607. The van der Waals surface area contributed by atoms with Crippen molar-refractivity contribution in [3.05, 3.63) is 18.7 Å². The minimum absolute atomic E-state index is 0.588. The average molecular weight is 152 g/mol. The predicted molar refractivity (Wildman–Crippen MR) is 38.1 cm³/mol. The smallest absolute Gasteiger partial charge is 0.270 e. The van der Waals surface area contributed by atoms with Crippen molar-refractivity contribution in [3.8, 4) is 0 Å². The Hall–Kier alpha value is -1.52. The minimum atomic E-state index is 0.588. The lowest BCUT2D eigenvalue weighted by molar-refractivity contribution is 0.101. The summed E-state index contributed by atoms with van der Waals surface area (Å²) in [7, 11) is 0. The van der Waals surface area contributed by atoms with Gasteiger partial charge in [0.15, 0.2) is 0 Å². The molecule has 0 N–H and O–H groups in total. The molecule has 2 heterocycles. The number of aromatic nitrogens is 4. The van der Waals surface area contributed by atoms with Gasteiger partial charge in [-0.15, -0.1) is 5.10 Å². The van der Waals surface area contributed by atoms with Crippen LogP contribution in [-0.2, 0) is 0 Å². The first-order valence-electron chi connectivity index (χ1n) is 3.42. The molecule has 0 saturated carbocycles. The van der Waals surface area contributed by atoms with Gasteiger partial charge in [0.05, 0.1) is 0 Å². The number of hydrogen-bond acceptors (Lipinski definition) is 3. The largest absolute Gasteiger partial charge is 0.394 e. The molecule has 0 aliphatic carbocycles. The van der Waals surface area contributed by atoms with Crippen molar-refractivity contribution in [2.75, 3.05) is 6.61 Å². The number of rotatable bonds is 2. The van der Waals surface area contributed by atoms with Gasteiger partial charge in [0.1, 0.15) is 12.9 Å². The van der Waals surface area contributed by atoms with Crippen LogP contribution in [0, 0.1) is 0 Å². The second-order valence-corrected chi connectivity index (χ2v) is 2.06. The van der Waals surface area contributed by atoms with Crippen molar-refractivity contribution in [1.29, 1.82) is 0 Å². The van der Waals surface area contributed by atoms with Crippen LogP contribution in [-0.4, -0.2) is 25.9 Å². The highest BCUT2D eigenvalue weighted by Gasteiger charge is 2.01. The Morgan fingerprint density at radius 1 is 1.64 bits per heavy atom. The molecule has 2 aromatic rings. The van der Waals surface area contributed by atoms with E-state index in [-0.39, 0.29) is 0 Å². The van der Waals surface area contributed by atoms with Gasteiger partial charge in [0, 0.05) is 12.4 Å². The van der Waals surface area contributed by atoms with Crippen LogP contribution in [0.2, 0.25) is 0 Å². The van der Waals surface area contributed by atoms with E-state index >= 15 is 0 Å². The maximum absolute atomic E-state index is 5.14. The molecule has 0 aromatic carbocycles. The molecule has 0 amide bonds. The monoisotopic (exact) mass is 152 g/mol. The molecule has 0 bridgehead atoms. The van der Waals surface area contributed by atoms with Crippen LogP contribution in [0.4, 0.5) is 0 Å². The van der Waals surface area contributed by atoms with E-state index in [1.165, 1.54) is 4.85 Å². The molecule has 5 nitrogen and oxygen atoms in total. The molecule has 0 fully saturated rings. The Bertz CT molecular complexity index is 350. The van der Waals surface area contributed by atoms with Crippen LogP contribution in [0.15, 0.2) is 18.7 Å². The van der Waals surface area contributed by atoms with Crippen molar-refractivity contribution < 1.29 is 4.84 Å². The fourth-order valence-corrected chi connectivity index (χ4v) is 0.911. The zero-order valence-corrected chi connectivity index (χ0v) is 6.14. The molecule has 11 heavy (non-hydrogen) atoms. The summed E-state index contributed by atoms with van der Waals surface area (Å²) >= 11 is 0. The highest BCUT2D eigenvalue weighted by molar-refractivity contribution is 5.25. The van der Waals surface area contributed by atoms with E-state index in [0.29, 0.717) is 12.4 Å². The normalized spacial score (nSPS) is 10.6. The van der Waals surface area contributed by atoms with Gasteiger partial charge in [-0.2, -0.15) is 0 Å². The molecular formula is C6H8N4O. The van der Waals surface area contributed by atoms with E-state index in [2.05, 4.69) is 10.1 Å². The maximum atomic E-state index is 5.14. The fourth-order valence-electron chi connectivity index (χ4n) is 0.911. The highest BCUT2D eigenvalue weighted by atomic mass is 16.7. The summed E-state index contributed by atoms with van der Waals surface area (Å²) in [5.41, 5.74) is 0. The lowest BCUT2D eigenvalue weighted by atomic mass is 10.9. The van der Waals surface area contributed by atoms with E-state index in [1.807, 2.05) is 13.1 Å². The SMILES string of the molecule is CCOn1ncn2ccnc12. The average Bonchev–Trinajstić information content (AvgIpc) is 2.53. The zero-order chi connectivity index (χ0) is 7.68. The van der Waals surface area contributed by atoms with E-state index < -0.39 is 0 Å². The topological polar surface area (TPSA) is 44.4 Å². The van der Waals surface area contributed by atoms with E-state index in [4.69, 9.17) is 4.84 Å². The van der Waals surface area contributed by atoms with Crippen LogP contribution in [0.3, 0.4) is 0 Å².